The minimum Gasteiger partial charge on any atom is -0.490 e. The van der Waals surface area contributed by atoms with Gasteiger partial charge in [-0.1, -0.05) is 6.07 Å². The molecule has 0 saturated carbocycles. The lowest BCUT2D eigenvalue weighted by atomic mass is 10.2. The first-order chi connectivity index (χ1) is 13.6. The molecule has 7 heteroatoms. The zero-order valence-corrected chi connectivity index (χ0v) is 16.3. The number of hydrogen-bond donors (Lipinski definition) is 1. The van der Waals surface area contributed by atoms with E-state index in [9.17, 15) is 4.79 Å². The van der Waals surface area contributed by atoms with Gasteiger partial charge in [-0.15, -0.1) is 0 Å². The largest absolute Gasteiger partial charge is 0.490 e. The topological polar surface area (TPSA) is 78.3 Å². The minimum absolute atomic E-state index is 0.182. The van der Waals surface area contributed by atoms with Crippen LogP contribution in [0.3, 0.4) is 0 Å². The summed E-state index contributed by atoms with van der Waals surface area (Å²) in [6.07, 6.45) is 3.47. The van der Waals surface area contributed by atoms with Gasteiger partial charge in [-0.3, -0.25) is 14.5 Å². The maximum Gasteiger partial charge on any atom is 0.251 e. The van der Waals surface area contributed by atoms with Crippen LogP contribution < -0.4 is 14.8 Å². The molecule has 0 saturated heterocycles. The summed E-state index contributed by atoms with van der Waals surface area (Å²) in [5, 5.41) is 7.19. The summed E-state index contributed by atoms with van der Waals surface area (Å²) in [6.45, 7) is 5.06. The van der Waals surface area contributed by atoms with Gasteiger partial charge in [0, 0.05) is 30.6 Å². The summed E-state index contributed by atoms with van der Waals surface area (Å²) in [7, 11) is 1.86. The van der Waals surface area contributed by atoms with E-state index in [4.69, 9.17) is 9.47 Å². The van der Waals surface area contributed by atoms with Crippen molar-refractivity contribution in [2.45, 2.75) is 27.0 Å². The first-order valence-corrected chi connectivity index (χ1v) is 9.13. The number of pyridine rings is 1. The summed E-state index contributed by atoms with van der Waals surface area (Å²) >= 11 is 0. The molecular formula is C21H24N4O3. The molecule has 0 aliphatic heterocycles. The van der Waals surface area contributed by atoms with Crippen LogP contribution in [-0.2, 0) is 20.2 Å². The molecule has 0 aliphatic rings. The van der Waals surface area contributed by atoms with Gasteiger partial charge < -0.3 is 14.8 Å². The fraction of sp³-hybridized carbons (Fsp3) is 0.286. The Kier molecular flexibility index (Phi) is 6.26. The number of carbonyl (C=O) groups is 1. The predicted octanol–water partition coefficient (Wildman–Crippen LogP) is 3.03. The third kappa shape index (κ3) is 4.88. The van der Waals surface area contributed by atoms with E-state index >= 15 is 0 Å². The summed E-state index contributed by atoms with van der Waals surface area (Å²) in [5.41, 5.74) is 3.32. The number of aromatic nitrogens is 3. The Morgan fingerprint density at radius 3 is 2.71 bits per heavy atom. The number of rotatable bonds is 8. The van der Waals surface area contributed by atoms with E-state index in [1.807, 2.05) is 39.1 Å². The van der Waals surface area contributed by atoms with E-state index < -0.39 is 0 Å². The lowest BCUT2D eigenvalue weighted by molar-refractivity contribution is 0.0949. The third-order valence-electron chi connectivity index (χ3n) is 4.15. The Bertz CT molecular complexity index is 938. The van der Waals surface area contributed by atoms with Gasteiger partial charge in [0.2, 0.25) is 0 Å². The molecule has 0 bridgehead atoms. The third-order valence-corrected chi connectivity index (χ3v) is 4.15. The molecule has 3 rings (SSSR count). The second kappa shape index (κ2) is 9.03. The molecule has 0 unspecified atom stereocenters. The van der Waals surface area contributed by atoms with E-state index in [2.05, 4.69) is 15.4 Å². The van der Waals surface area contributed by atoms with E-state index in [-0.39, 0.29) is 5.91 Å². The van der Waals surface area contributed by atoms with Crippen molar-refractivity contribution in [3.63, 3.8) is 0 Å². The number of carbonyl (C=O) groups excluding carboxylic acids is 1. The van der Waals surface area contributed by atoms with Crippen molar-refractivity contribution in [1.29, 1.82) is 0 Å². The van der Waals surface area contributed by atoms with E-state index in [0.29, 0.717) is 36.8 Å². The van der Waals surface area contributed by atoms with Crippen LogP contribution in [0.4, 0.5) is 0 Å². The molecule has 2 heterocycles. The molecule has 0 fully saturated rings. The molecule has 28 heavy (non-hydrogen) atoms. The number of benzene rings is 1. The highest BCUT2D eigenvalue weighted by Crippen LogP contribution is 2.29. The van der Waals surface area contributed by atoms with Crippen LogP contribution in [0, 0.1) is 6.92 Å². The lowest BCUT2D eigenvalue weighted by Crippen LogP contribution is -2.24. The Hall–Kier alpha value is -3.35. The van der Waals surface area contributed by atoms with Crippen LogP contribution in [0.1, 0.15) is 34.2 Å². The predicted molar refractivity (Wildman–Crippen MR) is 105 cm³/mol. The van der Waals surface area contributed by atoms with E-state index in [1.54, 1.807) is 35.3 Å². The van der Waals surface area contributed by atoms with Gasteiger partial charge in [0.05, 0.1) is 24.5 Å². The molecule has 3 aromatic rings. The number of amides is 1. The van der Waals surface area contributed by atoms with Crippen molar-refractivity contribution in [3.05, 3.63) is 71.3 Å². The van der Waals surface area contributed by atoms with Crippen molar-refractivity contribution >= 4 is 5.91 Å². The van der Waals surface area contributed by atoms with Gasteiger partial charge in [-0.2, -0.15) is 5.10 Å². The van der Waals surface area contributed by atoms with Crippen molar-refractivity contribution in [3.8, 4) is 11.5 Å². The Morgan fingerprint density at radius 2 is 2.04 bits per heavy atom. The fourth-order valence-electron chi connectivity index (χ4n) is 2.78. The van der Waals surface area contributed by atoms with Gasteiger partial charge >= 0.3 is 0 Å². The quantitative estimate of drug-likeness (QED) is 0.650. The number of nitrogens with zero attached hydrogens (tertiary/aromatic N) is 3. The van der Waals surface area contributed by atoms with Crippen LogP contribution in [-0.4, -0.2) is 27.3 Å². The molecule has 146 valence electrons. The van der Waals surface area contributed by atoms with Crippen molar-refractivity contribution in [2.24, 2.45) is 7.05 Å². The van der Waals surface area contributed by atoms with Gasteiger partial charge in [-0.05, 0) is 44.2 Å². The van der Waals surface area contributed by atoms with Crippen molar-refractivity contribution in [2.75, 3.05) is 6.61 Å². The first kappa shape index (κ1) is 19.4. The highest BCUT2D eigenvalue weighted by Gasteiger charge is 2.13. The first-order valence-electron chi connectivity index (χ1n) is 9.13. The summed E-state index contributed by atoms with van der Waals surface area (Å²) in [6, 6.07) is 10.9. The second-order valence-corrected chi connectivity index (χ2v) is 6.33. The SMILES string of the molecule is CCOc1cc(C(=O)NCc2cc(C)nn2C)ccc1OCc1cccnc1. The maximum absolute atomic E-state index is 12.5. The molecule has 2 aromatic heterocycles. The smallest absolute Gasteiger partial charge is 0.251 e. The molecule has 0 radical (unpaired) electrons. The molecule has 1 aromatic carbocycles. The number of hydrogen-bond acceptors (Lipinski definition) is 5. The maximum atomic E-state index is 12.5. The van der Waals surface area contributed by atoms with E-state index in [1.165, 1.54) is 0 Å². The molecule has 0 atom stereocenters. The average Bonchev–Trinajstić information content (AvgIpc) is 3.03. The molecule has 1 amide bonds. The Balaban J connectivity index is 1.68. The van der Waals surface area contributed by atoms with Crippen molar-refractivity contribution in [1.82, 2.24) is 20.1 Å². The highest BCUT2D eigenvalue weighted by molar-refractivity contribution is 5.94. The molecule has 0 aliphatic carbocycles. The second-order valence-electron chi connectivity index (χ2n) is 6.33. The van der Waals surface area contributed by atoms with Crippen LogP contribution >= 0.6 is 0 Å². The van der Waals surface area contributed by atoms with Crippen molar-refractivity contribution < 1.29 is 14.3 Å². The zero-order chi connectivity index (χ0) is 19.9. The normalized spacial score (nSPS) is 10.5. The van der Waals surface area contributed by atoms with E-state index in [0.717, 1.165) is 17.0 Å². The minimum atomic E-state index is -0.182. The number of nitrogens with one attached hydrogen (secondary N) is 1. The lowest BCUT2D eigenvalue weighted by Gasteiger charge is -2.13. The average molecular weight is 380 g/mol. The highest BCUT2D eigenvalue weighted by atomic mass is 16.5. The zero-order valence-electron chi connectivity index (χ0n) is 16.3. The van der Waals surface area contributed by atoms with Gasteiger partial charge in [0.1, 0.15) is 6.61 Å². The monoisotopic (exact) mass is 380 g/mol. The molecular weight excluding hydrogens is 356 g/mol. The van der Waals surface area contributed by atoms with Crippen LogP contribution in [0.15, 0.2) is 48.8 Å². The standard InChI is InChI=1S/C21H24N4O3/c1-4-27-20-11-17(21(26)23-13-18-10-15(2)24-25(18)3)7-8-19(20)28-14-16-6-5-9-22-12-16/h5-12H,4,13-14H2,1-3H3,(H,23,26). The van der Waals surface area contributed by atoms with Crippen LogP contribution in [0.25, 0.3) is 0 Å². The van der Waals surface area contributed by atoms with Crippen LogP contribution in [0.5, 0.6) is 11.5 Å². The van der Waals surface area contributed by atoms with Gasteiger partial charge in [-0.25, -0.2) is 0 Å². The molecule has 7 nitrogen and oxygen atoms in total. The summed E-state index contributed by atoms with van der Waals surface area (Å²) < 4.78 is 13.3. The van der Waals surface area contributed by atoms with Gasteiger partial charge in [0.15, 0.2) is 11.5 Å². The fourth-order valence-corrected chi connectivity index (χ4v) is 2.78. The Morgan fingerprint density at radius 1 is 1.18 bits per heavy atom. The number of aryl methyl sites for hydroxylation is 2. The Labute approximate surface area is 164 Å². The van der Waals surface area contributed by atoms with Crippen LogP contribution in [0.2, 0.25) is 0 Å². The molecule has 0 spiro atoms. The molecule has 1 N–H and O–H groups in total. The summed E-state index contributed by atoms with van der Waals surface area (Å²) in [4.78, 5) is 16.6. The van der Waals surface area contributed by atoms with Gasteiger partial charge in [0.25, 0.3) is 5.91 Å². The number of ether oxygens (including phenoxy) is 2. The summed E-state index contributed by atoms with van der Waals surface area (Å²) in [5.74, 6) is 0.943.